The Balaban J connectivity index is 1.68. The van der Waals surface area contributed by atoms with E-state index in [9.17, 15) is 14.9 Å². The average molecular weight is 440 g/mol. The number of ether oxygens (including phenoxy) is 1. The number of carbonyl (C=O) groups excluding carboxylic acids is 1. The molecule has 0 radical (unpaired) electrons. The summed E-state index contributed by atoms with van der Waals surface area (Å²) < 4.78 is 5.83. The molecule has 0 atom stereocenters. The second-order valence-electron chi connectivity index (χ2n) is 8.30. The first-order valence-corrected chi connectivity index (χ1v) is 11.5. The normalized spacial score (nSPS) is 15.3. The molecule has 0 aliphatic heterocycles. The van der Waals surface area contributed by atoms with E-state index in [1.165, 1.54) is 12.1 Å². The lowest BCUT2D eigenvalue weighted by Crippen LogP contribution is -2.42. The van der Waals surface area contributed by atoms with Gasteiger partial charge in [0.2, 0.25) is 5.91 Å². The first kappa shape index (κ1) is 23.7. The van der Waals surface area contributed by atoms with E-state index >= 15 is 0 Å². The summed E-state index contributed by atoms with van der Waals surface area (Å²) in [6.07, 6.45) is 4.50. The van der Waals surface area contributed by atoms with Crippen molar-refractivity contribution in [1.82, 2.24) is 4.90 Å². The minimum atomic E-state index is -0.660. The maximum absolute atomic E-state index is 13.4. The molecule has 0 bridgehead atoms. The number of rotatable bonds is 10. The third-order valence-electron chi connectivity index (χ3n) is 6.46. The van der Waals surface area contributed by atoms with E-state index in [-0.39, 0.29) is 11.6 Å². The van der Waals surface area contributed by atoms with Crippen LogP contribution in [-0.4, -0.2) is 42.0 Å². The molecule has 3 rings (SSSR count). The molecule has 1 aliphatic carbocycles. The van der Waals surface area contributed by atoms with Crippen molar-refractivity contribution in [3.8, 4) is 5.75 Å². The molecule has 1 fully saturated rings. The number of nitrogens with one attached hydrogen (secondary N) is 1. The molecule has 0 saturated heterocycles. The van der Waals surface area contributed by atoms with Crippen LogP contribution < -0.4 is 10.1 Å². The van der Waals surface area contributed by atoms with Gasteiger partial charge in [-0.15, -0.1) is 0 Å². The summed E-state index contributed by atoms with van der Waals surface area (Å²) in [5, 5.41) is 14.1. The number of non-ortho nitro benzene ring substituents is 1. The molecule has 172 valence electrons. The maximum Gasteiger partial charge on any atom is 0.269 e. The van der Waals surface area contributed by atoms with Gasteiger partial charge in [0.05, 0.1) is 10.3 Å². The monoisotopic (exact) mass is 439 g/mol. The first-order chi connectivity index (χ1) is 15.5. The van der Waals surface area contributed by atoms with Crippen molar-refractivity contribution in [2.24, 2.45) is 0 Å². The Morgan fingerprint density at radius 3 is 2.22 bits per heavy atom. The second kappa shape index (κ2) is 11.1. The predicted molar refractivity (Wildman–Crippen MR) is 126 cm³/mol. The lowest BCUT2D eigenvalue weighted by molar-refractivity contribution is -0.384. The number of nitro benzene ring substituents is 1. The molecule has 7 nitrogen and oxygen atoms in total. The summed E-state index contributed by atoms with van der Waals surface area (Å²) in [7, 11) is 0. The molecule has 0 heterocycles. The number of likely N-dealkylation sites (N-methyl/N-ethyl adjacent to an activating group) is 1. The fraction of sp³-hybridized carbons (Fsp3) is 0.480. The molecule has 0 spiro atoms. The van der Waals surface area contributed by atoms with Crippen molar-refractivity contribution >= 4 is 17.3 Å². The van der Waals surface area contributed by atoms with Crippen LogP contribution in [0.4, 0.5) is 11.4 Å². The summed E-state index contributed by atoms with van der Waals surface area (Å²) in [6.45, 7) is 7.77. The van der Waals surface area contributed by atoms with E-state index in [4.69, 9.17) is 4.74 Å². The SMILES string of the molecule is CCN(CC)CCOc1ccc(NC(=O)C2(c3ccc([N+](=O)[O-])cc3)CCCCC2)cc1. The Labute approximate surface area is 189 Å². The highest BCUT2D eigenvalue weighted by atomic mass is 16.6. The zero-order valence-corrected chi connectivity index (χ0v) is 19.0. The van der Waals surface area contributed by atoms with Gasteiger partial charge < -0.3 is 15.0 Å². The highest BCUT2D eigenvalue weighted by Crippen LogP contribution is 2.41. The molecule has 2 aromatic carbocycles. The van der Waals surface area contributed by atoms with E-state index in [1.807, 2.05) is 24.3 Å². The van der Waals surface area contributed by atoms with Crippen molar-refractivity contribution in [2.45, 2.75) is 51.4 Å². The van der Waals surface area contributed by atoms with E-state index in [2.05, 4.69) is 24.1 Å². The number of benzene rings is 2. The number of hydrogen-bond donors (Lipinski definition) is 1. The number of hydrogen-bond acceptors (Lipinski definition) is 5. The lowest BCUT2D eigenvalue weighted by Gasteiger charge is -2.36. The van der Waals surface area contributed by atoms with E-state index in [0.717, 1.165) is 68.7 Å². The maximum atomic E-state index is 13.4. The molecular weight excluding hydrogens is 406 g/mol. The number of carbonyl (C=O) groups is 1. The number of anilines is 1. The van der Waals surface area contributed by atoms with Crippen molar-refractivity contribution in [2.75, 3.05) is 31.6 Å². The summed E-state index contributed by atoms with van der Waals surface area (Å²) in [4.78, 5) is 26.3. The Morgan fingerprint density at radius 1 is 1.03 bits per heavy atom. The van der Waals surface area contributed by atoms with E-state index < -0.39 is 10.3 Å². The molecule has 2 aromatic rings. The predicted octanol–water partition coefficient (Wildman–Crippen LogP) is 5.16. The fourth-order valence-corrected chi connectivity index (χ4v) is 4.42. The van der Waals surface area contributed by atoms with Gasteiger partial charge in [-0.1, -0.05) is 45.2 Å². The molecule has 1 N–H and O–H groups in total. The number of nitro groups is 1. The van der Waals surface area contributed by atoms with Crippen LogP contribution in [0.25, 0.3) is 0 Å². The van der Waals surface area contributed by atoms with Crippen LogP contribution in [-0.2, 0) is 10.2 Å². The van der Waals surface area contributed by atoms with Gasteiger partial charge in [0.15, 0.2) is 0 Å². The highest BCUT2D eigenvalue weighted by Gasteiger charge is 2.41. The highest BCUT2D eigenvalue weighted by molar-refractivity contribution is 5.99. The summed E-state index contributed by atoms with van der Waals surface area (Å²) >= 11 is 0. The average Bonchev–Trinajstić information content (AvgIpc) is 2.83. The topological polar surface area (TPSA) is 84.7 Å². The molecule has 0 unspecified atom stereocenters. The molecule has 1 amide bonds. The van der Waals surface area contributed by atoms with Gasteiger partial charge in [-0.05, 0) is 55.8 Å². The summed E-state index contributed by atoms with van der Waals surface area (Å²) in [6, 6.07) is 13.9. The largest absolute Gasteiger partial charge is 0.492 e. The Kier molecular flexibility index (Phi) is 8.22. The van der Waals surface area contributed by atoms with Crippen LogP contribution in [0.2, 0.25) is 0 Å². The van der Waals surface area contributed by atoms with Gasteiger partial charge in [-0.2, -0.15) is 0 Å². The Hall–Kier alpha value is -2.93. The quantitative estimate of drug-likeness (QED) is 0.408. The minimum absolute atomic E-state index is 0.0386. The van der Waals surface area contributed by atoms with Gasteiger partial charge in [0.25, 0.3) is 5.69 Å². The second-order valence-corrected chi connectivity index (χ2v) is 8.30. The van der Waals surface area contributed by atoms with Gasteiger partial charge in [-0.25, -0.2) is 0 Å². The zero-order chi connectivity index (χ0) is 23.0. The third-order valence-corrected chi connectivity index (χ3v) is 6.46. The van der Waals surface area contributed by atoms with Crippen molar-refractivity contribution < 1.29 is 14.5 Å². The summed E-state index contributed by atoms with van der Waals surface area (Å²) in [5.41, 5.74) is 0.943. The van der Waals surface area contributed by atoms with E-state index in [0.29, 0.717) is 6.61 Å². The molecule has 1 aliphatic rings. The molecule has 32 heavy (non-hydrogen) atoms. The zero-order valence-electron chi connectivity index (χ0n) is 19.0. The van der Waals surface area contributed by atoms with Crippen molar-refractivity contribution in [3.05, 3.63) is 64.2 Å². The third kappa shape index (κ3) is 5.65. The van der Waals surface area contributed by atoms with Gasteiger partial charge in [0.1, 0.15) is 12.4 Å². The first-order valence-electron chi connectivity index (χ1n) is 11.5. The molecule has 7 heteroatoms. The van der Waals surface area contributed by atoms with Gasteiger partial charge in [-0.3, -0.25) is 14.9 Å². The molecule has 0 aromatic heterocycles. The van der Waals surface area contributed by atoms with Gasteiger partial charge in [0, 0.05) is 24.4 Å². The Bertz CT molecular complexity index is 886. The fourth-order valence-electron chi connectivity index (χ4n) is 4.42. The van der Waals surface area contributed by atoms with Crippen LogP contribution in [0.5, 0.6) is 5.75 Å². The minimum Gasteiger partial charge on any atom is -0.492 e. The molecular formula is C25H33N3O4. The van der Waals surface area contributed by atoms with Crippen molar-refractivity contribution in [3.63, 3.8) is 0 Å². The van der Waals surface area contributed by atoms with Crippen LogP contribution in [0.15, 0.2) is 48.5 Å². The van der Waals surface area contributed by atoms with E-state index in [1.54, 1.807) is 12.1 Å². The summed E-state index contributed by atoms with van der Waals surface area (Å²) in [5.74, 6) is 0.721. The number of amides is 1. The van der Waals surface area contributed by atoms with Gasteiger partial charge >= 0.3 is 0 Å². The Morgan fingerprint density at radius 2 is 1.66 bits per heavy atom. The van der Waals surface area contributed by atoms with Crippen LogP contribution in [0.3, 0.4) is 0 Å². The smallest absolute Gasteiger partial charge is 0.269 e. The number of nitrogens with zero attached hydrogens (tertiary/aromatic N) is 2. The lowest BCUT2D eigenvalue weighted by atomic mass is 9.68. The molecule has 1 saturated carbocycles. The van der Waals surface area contributed by atoms with Crippen LogP contribution in [0, 0.1) is 10.1 Å². The standard InChI is InChI=1S/C25H33N3O4/c1-3-27(4-2)18-19-32-23-14-10-21(11-15-23)26-24(29)25(16-6-5-7-17-25)20-8-12-22(13-9-20)28(30)31/h8-15H,3-7,16-19H2,1-2H3,(H,26,29). The van der Waals surface area contributed by atoms with Crippen LogP contribution >= 0.6 is 0 Å². The van der Waals surface area contributed by atoms with Crippen molar-refractivity contribution in [1.29, 1.82) is 0 Å². The van der Waals surface area contributed by atoms with Crippen LogP contribution in [0.1, 0.15) is 51.5 Å².